The fraction of sp³-hybridized carbons (Fsp3) is 0.727. The molecule has 1 saturated heterocycles. The maximum atomic E-state index is 10.6. The second-order valence-corrected chi connectivity index (χ2v) is 4.30. The molecule has 0 aromatic rings. The molecule has 15 heavy (non-hydrogen) atoms. The maximum absolute atomic E-state index is 10.6. The molecule has 0 aromatic heterocycles. The number of epoxide rings is 1. The van der Waals surface area contributed by atoms with Crippen molar-refractivity contribution in [3.63, 3.8) is 0 Å². The summed E-state index contributed by atoms with van der Waals surface area (Å²) in [5.41, 5.74) is 0.609. The summed E-state index contributed by atoms with van der Waals surface area (Å²) in [5, 5.41) is 9.57. The Hall–Kier alpha value is -0.870. The lowest BCUT2D eigenvalue weighted by Gasteiger charge is -2.26. The van der Waals surface area contributed by atoms with Crippen LogP contribution in [0.15, 0.2) is 12.2 Å². The monoisotopic (exact) mass is 212 g/mol. The molecule has 2 aliphatic rings. The minimum Gasteiger partial charge on any atom is -0.463 e. The van der Waals surface area contributed by atoms with Crippen LogP contribution in [0.4, 0.5) is 0 Å². The smallest absolute Gasteiger partial charge is 0.302 e. The SMILES string of the molecule is C=C1CC[C@@H](O)C[C@@]12O[C@H]2COC(C)=O. The van der Waals surface area contributed by atoms with Crippen LogP contribution in [-0.4, -0.2) is 35.5 Å². The van der Waals surface area contributed by atoms with E-state index in [-0.39, 0.29) is 24.8 Å². The van der Waals surface area contributed by atoms with Crippen LogP contribution < -0.4 is 0 Å². The highest BCUT2D eigenvalue weighted by Crippen LogP contribution is 2.50. The summed E-state index contributed by atoms with van der Waals surface area (Å²) in [6.45, 7) is 5.60. The maximum Gasteiger partial charge on any atom is 0.302 e. The summed E-state index contributed by atoms with van der Waals surface area (Å²) >= 11 is 0. The number of carbonyl (C=O) groups is 1. The van der Waals surface area contributed by atoms with Crippen LogP contribution in [-0.2, 0) is 14.3 Å². The molecule has 84 valence electrons. The Labute approximate surface area is 88.9 Å². The number of ether oxygens (including phenoxy) is 2. The lowest BCUT2D eigenvalue weighted by molar-refractivity contribution is -0.141. The standard InChI is InChI=1S/C11H16O4/c1-7-3-4-9(13)5-11(7)10(15-11)6-14-8(2)12/h9-10,13H,1,3-6H2,2H3/t9-,10+,11-/m1/s1. The first-order valence-corrected chi connectivity index (χ1v) is 5.22. The fourth-order valence-electron chi connectivity index (χ4n) is 2.22. The third-order valence-corrected chi connectivity index (χ3v) is 3.17. The number of aliphatic hydroxyl groups is 1. The zero-order valence-electron chi connectivity index (χ0n) is 8.86. The molecule has 0 aromatic carbocycles. The molecule has 3 atom stereocenters. The van der Waals surface area contributed by atoms with Gasteiger partial charge in [-0.3, -0.25) is 4.79 Å². The van der Waals surface area contributed by atoms with Crippen molar-refractivity contribution in [3.8, 4) is 0 Å². The summed E-state index contributed by atoms with van der Waals surface area (Å²) in [4.78, 5) is 10.6. The molecule has 1 aliphatic heterocycles. The third-order valence-electron chi connectivity index (χ3n) is 3.17. The molecule has 1 aliphatic carbocycles. The second kappa shape index (κ2) is 3.61. The molecule has 2 rings (SSSR count). The minimum atomic E-state index is -0.410. The van der Waals surface area contributed by atoms with Crippen LogP contribution >= 0.6 is 0 Å². The molecule has 0 unspecified atom stereocenters. The Morgan fingerprint density at radius 2 is 2.53 bits per heavy atom. The van der Waals surface area contributed by atoms with Gasteiger partial charge in [0.25, 0.3) is 0 Å². The Morgan fingerprint density at radius 3 is 3.20 bits per heavy atom. The number of hydrogen-bond acceptors (Lipinski definition) is 4. The lowest BCUT2D eigenvalue weighted by Crippen LogP contribution is -2.31. The molecule has 1 heterocycles. The highest BCUT2D eigenvalue weighted by Gasteiger charge is 2.60. The summed E-state index contributed by atoms with van der Waals surface area (Å²) < 4.78 is 10.4. The average Bonchev–Trinajstić information content (AvgIpc) is 2.84. The molecule has 4 nitrogen and oxygen atoms in total. The highest BCUT2D eigenvalue weighted by molar-refractivity contribution is 5.66. The van der Waals surface area contributed by atoms with Gasteiger partial charge >= 0.3 is 5.97 Å². The summed E-state index contributed by atoms with van der Waals surface area (Å²) in [6.07, 6.45) is 1.70. The van der Waals surface area contributed by atoms with Crippen molar-refractivity contribution < 1.29 is 19.4 Å². The number of hydrogen-bond donors (Lipinski definition) is 1. The van der Waals surface area contributed by atoms with Crippen LogP contribution in [0.1, 0.15) is 26.2 Å². The zero-order valence-corrected chi connectivity index (χ0v) is 8.86. The van der Waals surface area contributed by atoms with Crippen molar-refractivity contribution >= 4 is 5.97 Å². The van der Waals surface area contributed by atoms with Gasteiger partial charge in [-0.1, -0.05) is 6.58 Å². The van der Waals surface area contributed by atoms with Gasteiger partial charge in [0.1, 0.15) is 18.3 Å². The second-order valence-electron chi connectivity index (χ2n) is 4.30. The van der Waals surface area contributed by atoms with Gasteiger partial charge in [-0.05, 0) is 18.4 Å². The van der Waals surface area contributed by atoms with E-state index in [2.05, 4.69) is 6.58 Å². The van der Waals surface area contributed by atoms with Crippen molar-refractivity contribution in [1.82, 2.24) is 0 Å². The Morgan fingerprint density at radius 1 is 1.80 bits per heavy atom. The van der Waals surface area contributed by atoms with Gasteiger partial charge in [0, 0.05) is 13.3 Å². The molecule has 0 amide bonds. The van der Waals surface area contributed by atoms with Gasteiger partial charge < -0.3 is 14.6 Å². The van der Waals surface area contributed by atoms with Crippen molar-refractivity contribution in [1.29, 1.82) is 0 Å². The van der Waals surface area contributed by atoms with E-state index in [0.29, 0.717) is 6.42 Å². The molecule has 1 N–H and O–H groups in total. The molecule has 0 bridgehead atoms. The normalized spacial score (nSPS) is 39.2. The third kappa shape index (κ3) is 1.92. The van der Waals surface area contributed by atoms with Crippen LogP contribution in [0.3, 0.4) is 0 Å². The van der Waals surface area contributed by atoms with E-state index >= 15 is 0 Å². The average molecular weight is 212 g/mol. The first-order chi connectivity index (χ1) is 7.04. The van der Waals surface area contributed by atoms with E-state index in [1.54, 1.807) is 0 Å². The molecule has 4 heteroatoms. The van der Waals surface area contributed by atoms with E-state index in [0.717, 1.165) is 18.4 Å². The lowest BCUT2D eigenvalue weighted by atomic mass is 9.81. The molecular formula is C11H16O4. The Bertz CT molecular complexity index is 299. The predicted octanol–water partition coefficient (Wildman–Crippen LogP) is 0.788. The molecule has 0 radical (unpaired) electrons. The summed E-state index contributed by atoms with van der Waals surface area (Å²) in [5.74, 6) is -0.303. The number of rotatable bonds is 2. The minimum absolute atomic E-state index is 0.108. The van der Waals surface area contributed by atoms with Crippen molar-refractivity contribution in [3.05, 3.63) is 12.2 Å². The number of aliphatic hydroxyl groups excluding tert-OH is 1. The summed E-state index contributed by atoms with van der Waals surface area (Å²) in [6, 6.07) is 0. The zero-order chi connectivity index (χ0) is 11.1. The van der Waals surface area contributed by atoms with E-state index < -0.39 is 5.60 Å². The van der Waals surface area contributed by atoms with Crippen molar-refractivity contribution in [2.75, 3.05) is 6.61 Å². The van der Waals surface area contributed by atoms with Gasteiger partial charge in [0.15, 0.2) is 0 Å². The summed E-state index contributed by atoms with van der Waals surface area (Å²) in [7, 11) is 0. The van der Waals surface area contributed by atoms with Gasteiger partial charge in [0.05, 0.1) is 6.10 Å². The van der Waals surface area contributed by atoms with Crippen LogP contribution in [0, 0.1) is 0 Å². The van der Waals surface area contributed by atoms with E-state index in [1.165, 1.54) is 6.92 Å². The van der Waals surface area contributed by atoms with Gasteiger partial charge in [-0.25, -0.2) is 0 Å². The van der Waals surface area contributed by atoms with Crippen LogP contribution in [0.2, 0.25) is 0 Å². The van der Waals surface area contributed by atoms with Gasteiger partial charge in [0.2, 0.25) is 0 Å². The quantitative estimate of drug-likeness (QED) is 0.417. The van der Waals surface area contributed by atoms with E-state index in [9.17, 15) is 9.90 Å². The Kier molecular flexibility index (Phi) is 2.56. The number of esters is 1. The number of carbonyl (C=O) groups excluding carboxylic acids is 1. The van der Waals surface area contributed by atoms with Crippen LogP contribution in [0.5, 0.6) is 0 Å². The Balaban J connectivity index is 1.92. The van der Waals surface area contributed by atoms with Gasteiger partial charge in [-0.2, -0.15) is 0 Å². The largest absolute Gasteiger partial charge is 0.463 e. The van der Waals surface area contributed by atoms with E-state index in [4.69, 9.17) is 9.47 Å². The topological polar surface area (TPSA) is 59.1 Å². The van der Waals surface area contributed by atoms with Crippen molar-refractivity contribution in [2.45, 2.75) is 44.0 Å². The molecule has 2 fully saturated rings. The van der Waals surface area contributed by atoms with Gasteiger partial charge in [-0.15, -0.1) is 0 Å². The highest BCUT2D eigenvalue weighted by atomic mass is 16.6. The fourth-order valence-corrected chi connectivity index (χ4v) is 2.22. The van der Waals surface area contributed by atoms with Crippen LogP contribution in [0.25, 0.3) is 0 Å². The van der Waals surface area contributed by atoms with E-state index in [1.807, 2.05) is 0 Å². The predicted molar refractivity (Wildman–Crippen MR) is 53.2 cm³/mol. The molecular weight excluding hydrogens is 196 g/mol. The van der Waals surface area contributed by atoms with Crippen molar-refractivity contribution in [2.24, 2.45) is 0 Å². The first-order valence-electron chi connectivity index (χ1n) is 5.22. The molecule has 1 saturated carbocycles. The first kappa shape index (κ1) is 10.6. The molecule has 1 spiro atoms.